The van der Waals surface area contributed by atoms with Crippen LogP contribution < -0.4 is 0 Å². The van der Waals surface area contributed by atoms with E-state index >= 15 is 0 Å². The summed E-state index contributed by atoms with van der Waals surface area (Å²) in [6.45, 7) is 0.645. The van der Waals surface area contributed by atoms with Crippen LogP contribution >= 0.6 is 23.2 Å². The van der Waals surface area contributed by atoms with Crippen LogP contribution in [0, 0.1) is 11.3 Å². The van der Waals surface area contributed by atoms with E-state index in [1.807, 2.05) is 34.9 Å². The molecule has 3 nitrogen and oxygen atoms in total. The third-order valence-corrected chi connectivity index (χ3v) is 4.01. The maximum absolute atomic E-state index is 8.99. The molecular weight excluding hydrogens is 305 g/mol. The van der Waals surface area contributed by atoms with Crippen LogP contribution in [0.2, 0.25) is 10.0 Å². The van der Waals surface area contributed by atoms with Crippen LogP contribution in [-0.2, 0) is 13.0 Å². The highest BCUT2D eigenvalue weighted by atomic mass is 35.5. The highest BCUT2D eigenvalue weighted by molar-refractivity contribution is 6.42. The fourth-order valence-electron chi connectivity index (χ4n) is 2.32. The van der Waals surface area contributed by atoms with Crippen LogP contribution in [0.3, 0.4) is 0 Å². The quantitative estimate of drug-likeness (QED) is 0.716. The number of nitriles is 1. The number of aromatic nitrogens is 2. The van der Waals surface area contributed by atoms with Crippen LogP contribution in [0.5, 0.6) is 0 Å². The first-order chi connectivity index (χ1) is 10.2. The molecule has 104 valence electrons. The van der Waals surface area contributed by atoms with Crippen molar-refractivity contribution in [3.63, 3.8) is 0 Å². The van der Waals surface area contributed by atoms with Gasteiger partial charge in [-0.05, 0) is 17.7 Å². The molecule has 0 saturated heterocycles. The van der Waals surface area contributed by atoms with Gasteiger partial charge in [0.15, 0.2) is 0 Å². The number of hydrogen-bond acceptors (Lipinski definition) is 2. The number of halogens is 2. The van der Waals surface area contributed by atoms with Crippen molar-refractivity contribution >= 4 is 34.2 Å². The first-order valence-corrected chi connectivity index (χ1v) is 7.19. The molecule has 0 saturated carbocycles. The summed E-state index contributed by atoms with van der Waals surface area (Å²) in [6, 6.07) is 15.7. The van der Waals surface area contributed by atoms with E-state index < -0.39 is 0 Å². The largest absolute Gasteiger partial charge is 0.323 e. The second-order valence-corrected chi connectivity index (χ2v) is 5.50. The minimum atomic E-state index is 0.247. The molecule has 2 aromatic carbocycles. The van der Waals surface area contributed by atoms with Crippen molar-refractivity contribution in [1.29, 1.82) is 5.26 Å². The van der Waals surface area contributed by atoms with Gasteiger partial charge in [-0.1, -0.05) is 53.5 Å². The average Bonchev–Trinajstić information content (AvgIpc) is 2.79. The van der Waals surface area contributed by atoms with Gasteiger partial charge in [0.1, 0.15) is 5.82 Å². The molecule has 0 aliphatic heterocycles. The van der Waals surface area contributed by atoms with E-state index in [9.17, 15) is 0 Å². The molecule has 0 aliphatic carbocycles. The third-order valence-electron chi connectivity index (χ3n) is 3.29. The van der Waals surface area contributed by atoms with Crippen molar-refractivity contribution in [3.05, 3.63) is 63.9 Å². The van der Waals surface area contributed by atoms with Gasteiger partial charge >= 0.3 is 0 Å². The van der Waals surface area contributed by atoms with E-state index in [0.717, 1.165) is 22.4 Å². The van der Waals surface area contributed by atoms with Gasteiger partial charge in [-0.15, -0.1) is 0 Å². The molecule has 0 aliphatic rings. The SMILES string of the molecule is N#CCc1nc2cc(Cl)c(Cl)cc2n1Cc1ccccc1. The average molecular weight is 316 g/mol. The number of rotatable bonds is 3. The maximum Gasteiger partial charge on any atom is 0.124 e. The molecule has 3 aromatic rings. The summed E-state index contributed by atoms with van der Waals surface area (Å²) in [7, 11) is 0. The molecule has 21 heavy (non-hydrogen) atoms. The lowest BCUT2D eigenvalue weighted by atomic mass is 10.2. The molecule has 0 atom stereocenters. The fraction of sp³-hybridized carbons (Fsp3) is 0.125. The normalized spacial score (nSPS) is 10.7. The summed E-state index contributed by atoms with van der Waals surface area (Å²) in [5, 5.41) is 9.95. The molecule has 0 bridgehead atoms. The summed E-state index contributed by atoms with van der Waals surface area (Å²) in [5.41, 5.74) is 2.78. The predicted molar refractivity (Wildman–Crippen MR) is 84.6 cm³/mol. The van der Waals surface area contributed by atoms with Gasteiger partial charge in [0.05, 0.1) is 33.6 Å². The number of hydrogen-bond donors (Lipinski definition) is 0. The highest BCUT2D eigenvalue weighted by Gasteiger charge is 2.13. The zero-order chi connectivity index (χ0) is 14.8. The van der Waals surface area contributed by atoms with Crippen molar-refractivity contribution in [1.82, 2.24) is 9.55 Å². The summed E-state index contributed by atoms with van der Waals surface area (Å²) in [5.74, 6) is 0.717. The Morgan fingerprint density at radius 2 is 1.81 bits per heavy atom. The molecule has 0 amide bonds. The van der Waals surface area contributed by atoms with E-state index in [1.54, 1.807) is 12.1 Å². The van der Waals surface area contributed by atoms with Crippen molar-refractivity contribution < 1.29 is 0 Å². The topological polar surface area (TPSA) is 41.6 Å². The van der Waals surface area contributed by atoms with Gasteiger partial charge in [0.25, 0.3) is 0 Å². The van der Waals surface area contributed by atoms with Crippen LogP contribution in [0.15, 0.2) is 42.5 Å². The second kappa shape index (κ2) is 5.77. The predicted octanol–water partition coefficient (Wildman–Crippen LogP) is 4.46. The summed E-state index contributed by atoms with van der Waals surface area (Å²) >= 11 is 12.2. The van der Waals surface area contributed by atoms with E-state index in [1.165, 1.54) is 0 Å². The Hall–Kier alpha value is -2.02. The molecule has 1 aromatic heterocycles. The standard InChI is InChI=1S/C16H11Cl2N3/c17-12-8-14-15(9-13(12)18)21(16(20-14)6-7-19)10-11-4-2-1-3-5-11/h1-5,8-9H,6,10H2. The fourth-order valence-corrected chi connectivity index (χ4v) is 2.63. The molecule has 0 radical (unpaired) electrons. The molecule has 1 heterocycles. The van der Waals surface area contributed by atoms with E-state index in [0.29, 0.717) is 16.6 Å². The summed E-state index contributed by atoms with van der Waals surface area (Å²) in [6.07, 6.45) is 0.247. The minimum Gasteiger partial charge on any atom is -0.323 e. The third kappa shape index (κ3) is 2.73. The lowest BCUT2D eigenvalue weighted by Crippen LogP contribution is -2.04. The highest BCUT2D eigenvalue weighted by Crippen LogP contribution is 2.29. The molecule has 3 rings (SSSR count). The lowest BCUT2D eigenvalue weighted by Gasteiger charge is -2.08. The van der Waals surface area contributed by atoms with Crippen molar-refractivity contribution in [3.8, 4) is 6.07 Å². The Morgan fingerprint density at radius 3 is 2.52 bits per heavy atom. The van der Waals surface area contributed by atoms with Gasteiger partial charge in [0, 0.05) is 6.54 Å². The lowest BCUT2D eigenvalue weighted by molar-refractivity contribution is 0.769. The zero-order valence-corrected chi connectivity index (χ0v) is 12.6. The molecule has 0 unspecified atom stereocenters. The van der Waals surface area contributed by atoms with E-state index in [4.69, 9.17) is 28.5 Å². The van der Waals surface area contributed by atoms with Crippen molar-refractivity contribution in [2.24, 2.45) is 0 Å². The maximum atomic E-state index is 8.99. The van der Waals surface area contributed by atoms with Crippen LogP contribution in [0.4, 0.5) is 0 Å². The molecule has 0 spiro atoms. The van der Waals surface area contributed by atoms with Gasteiger partial charge in [-0.25, -0.2) is 4.98 Å². The van der Waals surface area contributed by atoms with Gasteiger partial charge < -0.3 is 4.57 Å². The van der Waals surface area contributed by atoms with Crippen LogP contribution in [0.25, 0.3) is 11.0 Å². The van der Waals surface area contributed by atoms with Crippen LogP contribution in [0.1, 0.15) is 11.4 Å². The zero-order valence-electron chi connectivity index (χ0n) is 11.1. The summed E-state index contributed by atoms with van der Waals surface area (Å²) < 4.78 is 2.01. The first-order valence-electron chi connectivity index (χ1n) is 6.44. The van der Waals surface area contributed by atoms with Gasteiger partial charge in [0.2, 0.25) is 0 Å². The molecular formula is C16H11Cl2N3. The number of imidazole rings is 1. The number of benzene rings is 2. The Morgan fingerprint density at radius 1 is 1.10 bits per heavy atom. The minimum absolute atomic E-state index is 0.247. The Bertz CT molecular complexity index is 832. The monoisotopic (exact) mass is 315 g/mol. The second-order valence-electron chi connectivity index (χ2n) is 4.69. The molecule has 5 heteroatoms. The van der Waals surface area contributed by atoms with Crippen molar-refractivity contribution in [2.45, 2.75) is 13.0 Å². The first kappa shape index (κ1) is 13.9. The van der Waals surface area contributed by atoms with Gasteiger partial charge in [-0.3, -0.25) is 0 Å². The van der Waals surface area contributed by atoms with E-state index in [2.05, 4.69) is 11.1 Å². The number of nitrogens with zero attached hydrogens (tertiary/aromatic N) is 3. The Balaban J connectivity index is 2.16. The molecule has 0 N–H and O–H groups in total. The number of fused-ring (bicyclic) bond motifs is 1. The molecule has 0 fully saturated rings. The smallest absolute Gasteiger partial charge is 0.124 e. The summed E-state index contributed by atoms with van der Waals surface area (Å²) in [4.78, 5) is 4.50. The Kier molecular flexibility index (Phi) is 3.83. The Labute approximate surface area is 132 Å². The van der Waals surface area contributed by atoms with Crippen LogP contribution in [-0.4, -0.2) is 9.55 Å². The van der Waals surface area contributed by atoms with E-state index in [-0.39, 0.29) is 6.42 Å². The van der Waals surface area contributed by atoms with Gasteiger partial charge in [-0.2, -0.15) is 5.26 Å². The van der Waals surface area contributed by atoms with Crippen molar-refractivity contribution in [2.75, 3.05) is 0 Å².